The predicted octanol–water partition coefficient (Wildman–Crippen LogP) is 3.28. The van der Waals surface area contributed by atoms with E-state index < -0.39 is 0 Å². The lowest BCUT2D eigenvalue weighted by atomic mass is 9.74. The molecule has 0 bridgehead atoms. The lowest BCUT2D eigenvalue weighted by Gasteiger charge is -2.48. The van der Waals surface area contributed by atoms with Crippen molar-refractivity contribution < 1.29 is 9.53 Å². The molecule has 0 amide bonds. The highest BCUT2D eigenvalue weighted by atomic mass is 16.5. The minimum atomic E-state index is -0.182. The zero-order valence-corrected chi connectivity index (χ0v) is 12.8. The lowest BCUT2D eigenvalue weighted by molar-refractivity contribution is -0.146. The summed E-state index contributed by atoms with van der Waals surface area (Å²) in [6.07, 6.45) is 4.41. The van der Waals surface area contributed by atoms with Gasteiger partial charge in [0, 0.05) is 18.0 Å². The Morgan fingerprint density at radius 3 is 2.50 bits per heavy atom. The number of nitrogens with one attached hydrogen (secondary N) is 1. The highest BCUT2D eigenvalue weighted by molar-refractivity contribution is 5.66. The first-order chi connectivity index (χ1) is 8.12. The second-order valence-corrected chi connectivity index (χ2v) is 7.04. The van der Waals surface area contributed by atoms with Crippen molar-refractivity contribution in [2.24, 2.45) is 5.92 Å². The number of hydrogen-bond acceptors (Lipinski definition) is 3. The van der Waals surface area contributed by atoms with E-state index >= 15 is 0 Å². The van der Waals surface area contributed by atoms with Crippen LogP contribution in [0.3, 0.4) is 0 Å². The van der Waals surface area contributed by atoms with Gasteiger partial charge < -0.3 is 10.1 Å². The van der Waals surface area contributed by atoms with E-state index in [0.29, 0.717) is 0 Å². The van der Waals surface area contributed by atoms with E-state index in [1.807, 2.05) is 6.92 Å². The van der Waals surface area contributed by atoms with Crippen molar-refractivity contribution in [2.75, 3.05) is 0 Å². The highest BCUT2D eigenvalue weighted by Gasteiger charge is 2.38. The van der Waals surface area contributed by atoms with E-state index in [-0.39, 0.29) is 23.2 Å². The summed E-state index contributed by atoms with van der Waals surface area (Å²) in [5, 5.41) is 3.77. The molecular formula is C15H29NO2. The first-order valence-electron chi connectivity index (χ1n) is 7.08. The van der Waals surface area contributed by atoms with Gasteiger partial charge in [-0.3, -0.25) is 4.79 Å². The van der Waals surface area contributed by atoms with E-state index in [2.05, 4.69) is 33.0 Å². The van der Waals surface area contributed by atoms with Crippen LogP contribution in [0.25, 0.3) is 0 Å². The molecular weight excluding hydrogens is 226 g/mol. The van der Waals surface area contributed by atoms with Crippen molar-refractivity contribution in [2.45, 2.75) is 84.4 Å². The van der Waals surface area contributed by atoms with Crippen molar-refractivity contribution in [3.63, 3.8) is 0 Å². The molecule has 1 saturated heterocycles. The quantitative estimate of drug-likeness (QED) is 0.784. The van der Waals surface area contributed by atoms with Crippen LogP contribution >= 0.6 is 0 Å². The van der Waals surface area contributed by atoms with Gasteiger partial charge in [0.05, 0.1) is 6.10 Å². The van der Waals surface area contributed by atoms with Gasteiger partial charge in [0.25, 0.3) is 0 Å². The lowest BCUT2D eigenvalue weighted by Crippen LogP contribution is -2.59. The minimum Gasteiger partial charge on any atom is -0.463 e. The van der Waals surface area contributed by atoms with Crippen molar-refractivity contribution in [3.05, 3.63) is 0 Å². The number of carbonyl (C=O) groups excluding carboxylic acids is 1. The summed E-state index contributed by atoms with van der Waals surface area (Å²) in [6.45, 7) is 12.6. The third kappa shape index (κ3) is 4.97. The van der Waals surface area contributed by atoms with Crippen LogP contribution in [0.1, 0.15) is 67.2 Å². The number of carbonyl (C=O) groups is 1. The first-order valence-corrected chi connectivity index (χ1v) is 7.08. The van der Waals surface area contributed by atoms with Gasteiger partial charge in [0.1, 0.15) is 0 Å². The van der Waals surface area contributed by atoms with Gasteiger partial charge in [-0.1, -0.05) is 6.92 Å². The SMILES string of the molecule is CC(=O)OC(C)CCC1(C)CC(C)CC(C)(C)N1. The topological polar surface area (TPSA) is 38.3 Å². The fraction of sp³-hybridized carbons (Fsp3) is 0.933. The van der Waals surface area contributed by atoms with Crippen molar-refractivity contribution in [1.29, 1.82) is 0 Å². The molecule has 3 heteroatoms. The molecule has 0 aromatic carbocycles. The van der Waals surface area contributed by atoms with E-state index in [1.165, 1.54) is 19.8 Å². The normalized spacial score (nSPS) is 32.9. The standard InChI is InChI=1S/C15H29NO2/c1-11-9-14(4,5)16-15(6,10-11)8-7-12(2)18-13(3)17/h11-12,16H,7-10H2,1-6H3. The summed E-state index contributed by atoms with van der Waals surface area (Å²) in [6, 6.07) is 0. The maximum atomic E-state index is 10.9. The summed E-state index contributed by atoms with van der Waals surface area (Å²) in [4.78, 5) is 10.9. The fourth-order valence-electron chi connectivity index (χ4n) is 3.66. The highest BCUT2D eigenvalue weighted by Crippen LogP contribution is 2.35. The van der Waals surface area contributed by atoms with Crippen LogP contribution in [0.15, 0.2) is 0 Å². The second kappa shape index (κ2) is 5.60. The van der Waals surface area contributed by atoms with Gasteiger partial charge in [0.15, 0.2) is 0 Å². The second-order valence-electron chi connectivity index (χ2n) is 7.04. The van der Waals surface area contributed by atoms with Crippen LogP contribution in [-0.4, -0.2) is 23.2 Å². The number of esters is 1. The third-order valence-corrected chi connectivity index (χ3v) is 3.77. The molecule has 1 aliphatic heterocycles. The Kier molecular flexibility index (Phi) is 4.82. The van der Waals surface area contributed by atoms with Gasteiger partial charge in [-0.05, 0) is 59.3 Å². The zero-order valence-electron chi connectivity index (χ0n) is 12.8. The Morgan fingerprint density at radius 2 is 2.00 bits per heavy atom. The van der Waals surface area contributed by atoms with E-state index in [4.69, 9.17) is 4.74 Å². The van der Waals surface area contributed by atoms with Crippen LogP contribution in [0, 0.1) is 5.92 Å². The maximum absolute atomic E-state index is 10.9. The average molecular weight is 255 g/mol. The molecule has 18 heavy (non-hydrogen) atoms. The Hall–Kier alpha value is -0.570. The summed E-state index contributed by atoms with van der Waals surface area (Å²) in [7, 11) is 0. The predicted molar refractivity (Wildman–Crippen MR) is 74.5 cm³/mol. The van der Waals surface area contributed by atoms with Crippen LogP contribution in [0.5, 0.6) is 0 Å². The number of rotatable bonds is 4. The van der Waals surface area contributed by atoms with Crippen molar-refractivity contribution in [3.8, 4) is 0 Å². The summed E-state index contributed by atoms with van der Waals surface area (Å²) in [5.41, 5.74) is 0.368. The van der Waals surface area contributed by atoms with Gasteiger partial charge in [0.2, 0.25) is 0 Å². The van der Waals surface area contributed by atoms with E-state index in [1.54, 1.807) is 0 Å². The maximum Gasteiger partial charge on any atom is 0.302 e. The van der Waals surface area contributed by atoms with Crippen LogP contribution in [-0.2, 0) is 9.53 Å². The van der Waals surface area contributed by atoms with Crippen LogP contribution < -0.4 is 5.32 Å². The summed E-state index contributed by atoms with van der Waals surface area (Å²) in [5.74, 6) is 0.563. The smallest absolute Gasteiger partial charge is 0.302 e. The van der Waals surface area contributed by atoms with Crippen LogP contribution in [0.4, 0.5) is 0 Å². The van der Waals surface area contributed by atoms with Gasteiger partial charge in [-0.2, -0.15) is 0 Å². The van der Waals surface area contributed by atoms with Crippen LogP contribution in [0.2, 0.25) is 0 Å². The van der Waals surface area contributed by atoms with E-state index in [9.17, 15) is 4.79 Å². The molecule has 0 aliphatic carbocycles. The molecule has 0 aromatic heterocycles. The Bertz CT molecular complexity index is 301. The molecule has 1 aliphatic rings. The Labute approximate surface area is 112 Å². The average Bonchev–Trinajstić information content (AvgIpc) is 2.09. The molecule has 0 saturated carbocycles. The molecule has 3 atom stereocenters. The first kappa shape index (κ1) is 15.5. The van der Waals surface area contributed by atoms with Crippen molar-refractivity contribution >= 4 is 5.97 Å². The Morgan fingerprint density at radius 1 is 1.39 bits per heavy atom. The molecule has 3 nitrogen and oxygen atoms in total. The largest absolute Gasteiger partial charge is 0.463 e. The number of ether oxygens (including phenoxy) is 1. The molecule has 3 unspecified atom stereocenters. The third-order valence-electron chi connectivity index (χ3n) is 3.77. The molecule has 1 fully saturated rings. The molecule has 0 spiro atoms. The monoisotopic (exact) mass is 255 g/mol. The summed E-state index contributed by atoms with van der Waals surface area (Å²) >= 11 is 0. The molecule has 0 aromatic rings. The zero-order chi connectivity index (χ0) is 14.0. The van der Waals surface area contributed by atoms with Crippen molar-refractivity contribution in [1.82, 2.24) is 5.32 Å². The number of piperidine rings is 1. The molecule has 1 rings (SSSR count). The van der Waals surface area contributed by atoms with E-state index in [0.717, 1.165) is 18.8 Å². The molecule has 1 N–H and O–H groups in total. The minimum absolute atomic E-state index is 0.0152. The summed E-state index contributed by atoms with van der Waals surface area (Å²) < 4.78 is 5.20. The van der Waals surface area contributed by atoms with Gasteiger partial charge in [-0.15, -0.1) is 0 Å². The molecule has 0 radical (unpaired) electrons. The Balaban J connectivity index is 2.51. The van der Waals surface area contributed by atoms with Gasteiger partial charge >= 0.3 is 5.97 Å². The number of hydrogen-bond donors (Lipinski definition) is 1. The molecule has 106 valence electrons. The van der Waals surface area contributed by atoms with Gasteiger partial charge in [-0.25, -0.2) is 0 Å². The molecule has 1 heterocycles. The fourth-order valence-corrected chi connectivity index (χ4v) is 3.66.